The fourth-order valence-electron chi connectivity index (χ4n) is 3.16. The van der Waals surface area contributed by atoms with E-state index < -0.39 is 14.9 Å². The van der Waals surface area contributed by atoms with Gasteiger partial charge in [-0.15, -0.1) is 0 Å². The highest BCUT2D eigenvalue weighted by atomic mass is 35.5. The predicted octanol–water partition coefficient (Wildman–Crippen LogP) is 3.47. The smallest absolute Gasteiger partial charge is 0.292 e. The molecule has 9 nitrogen and oxygen atoms in total. The molecule has 0 atom stereocenters. The zero-order valence-corrected chi connectivity index (χ0v) is 17.6. The summed E-state index contributed by atoms with van der Waals surface area (Å²) in [6.07, 6.45) is 1.64. The number of hydrogen-bond donors (Lipinski definition) is 2. The van der Waals surface area contributed by atoms with Crippen LogP contribution in [0.1, 0.15) is 19.3 Å². The molecule has 0 aliphatic carbocycles. The average Bonchev–Trinajstić information content (AvgIpc) is 3.25. The summed E-state index contributed by atoms with van der Waals surface area (Å²) in [5, 5.41) is 16.6. The second-order valence-corrected chi connectivity index (χ2v) is 9.07. The van der Waals surface area contributed by atoms with E-state index in [2.05, 4.69) is 10.6 Å². The minimum absolute atomic E-state index is 0.0306. The van der Waals surface area contributed by atoms with Gasteiger partial charge in [-0.1, -0.05) is 23.7 Å². The van der Waals surface area contributed by atoms with Gasteiger partial charge < -0.3 is 10.6 Å². The van der Waals surface area contributed by atoms with Gasteiger partial charge in [-0.05, 0) is 37.1 Å². The number of nitro groups is 1. The summed E-state index contributed by atoms with van der Waals surface area (Å²) in [7, 11) is -3.72. The van der Waals surface area contributed by atoms with Crippen LogP contribution in [-0.2, 0) is 14.8 Å². The Morgan fingerprint density at radius 1 is 1.17 bits per heavy atom. The van der Waals surface area contributed by atoms with Gasteiger partial charge in [-0.25, -0.2) is 8.42 Å². The van der Waals surface area contributed by atoms with Gasteiger partial charge in [0.1, 0.15) is 10.6 Å². The molecule has 2 N–H and O–H groups in total. The predicted molar refractivity (Wildman–Crippen MR) is 114 cm³/mol. The lowest BCUT2D eigenvalue weighted by molar-refractivity contribution is -0.384. The van der Waals surface area contributed by atoms with Gasteiger partial charge in [0.25, 0.3) is 5.69 Å². The number of carbonyl (C=O) groups is 1. The lowest BCUT2D eigenvalue weighted by Crippen LogP contribution is -2.28. The van der Waals surface area contributed by atoms with Crippen LogP contribution in [0.15, 0.2) is 47.4 Å². The lowest BCUT2D eigenvalue weighted by Gasteiger charge is -2.17. The van der Waals surface area contributed by atoms with E-state index in [4.69, 9.17) is 11.6 Å². The largest absolute Gasteiger partial charge is 0.379 e. The first-order valence-corrected chi connectivity index (χ1v) is 11.2. The van der Waals surface area contributed by atoms with Gasteiger partial charge in [0.2, 0.25) is 15.9 Å². The molecule has 3 rings (SSSR count). The third kappa shape index (κ3) is 5.07. The Kier molecular flexibility index (Phi) is 6.91. The van der Waals surface area contributed by atoms with Crippen LogP contribution in [0.25, 0.3) is 0 Å². The van der Waals surface area contributed by atoms with E-state index in [0.29, 0.717) is 24.5 Å². The number of nitrogens with one attached hydrogen (secondary N) is 2. The number of hydrogen-bond acceptors (Lipinski definition) is 6. The molecule has 0 bridgehead atoms. The SMILES string of the molecule is O=C(CCNc1ccccc1[N+](=O)[O-])Nc1ccc(Cl)c(S(=O)(=O)N2CCCC2)c1. The van der Waals surface area contributed by atoms with Crippen LogP contribution in [0.3, 0.4) is 0 Å². The van der Waals surface area contributed by atoms with E-state index in [0.717, 1.165) is 12.8 Å². The molecule has 0 unspecified atom stereocenters. The fraction of sp³-hybridized carbons (Fsp3) is 0.316. The van der Waals surface area contributed by atoms with Gasteiger partial charge in [-0.2, -0.15) is 4.31 Å². The van der Waals surface area contributed by atoms with Crippen molar-refractivity contribution in [2.24, 2.45) is 0 Å². The van der Waals surface area contributed by atoms with Gasteiger partial charge in [0.05, 0.1) is 9.95 Å². The summed E-state index contributed by atoms with van der Waals surface area (Å²) in [5.41, 5.74) is 0.556. The van der Waals surface area contributed by atoms with E-state index in [1.165, 1.54) is 28.6 Å². The molecular weight excluding hydrogens is 432 g/mol. The topological polar surface area (TPSA) is 122 Å². The van der Waals surface area contributed by atoms with Crippen molar-refractivity contribution in [2.45, 2.75) is 24.2 Å². The molecule has 160 valence electrons. The quantitative estimate of drug-likeness (QED) is 0.467. The average molecular weight is 453 g/mol. The number of carbonyl (C=O) groups excluding carboxylic acids is 1. The monoisotopic (exact) mass is 452 g/mol. The Morgan fingerprint density at radius 2 is 1.87 bits per heavy atom. The van der Waals surface area contributed by atoms with Crippen molar-refractivity contribution < 1.29 is 18.1 Å². The Balaban J connectivity index is 1.63. The van der Waals surface area contributed by atoms with E-state index in [-0.39, 0.29) is 34.5 Å². The van der Waals surface area contributed by atoms with E-state index in [1.54, 1.807) is 18.2 Å². The lowest BCUT2D eigenvalue weighted by atomic mass is 10.2. The molecule has 0 saturated carbocycles. The first-order chi connectivity index (χ1) is 14.3. The summed E-state index contributed by atoms with van der Waals surface area (Å²) >= 11 is 6.10. The zero-order valence-electron chi connectivity index (χ0n) is 16.0. The number of anilines is 2. The third-order valence-electron chi connectivity index (χ3n) is 4.67. The van der Waals surface area contributed by atoms with Crippen molar-refractivity contribution >= 4 is 44.6 Å². The standard InChI is InChI=1S/C19H21ClN4O5S/c20-15-8-7-14(13-18(15)30(28,29)23-11-3-4-12-23)22-19(25)9-10-21-16-5-1-2-6-17(16)24(26)27/h1-2,5-8,13,21H,3-4,9-12H2,(H,22,25). The molecule has 1 aliphatic rings. The van der Waals surface area contributed by atoms with Gasteiger partial charge in [0, 0.05) is 37.8 Å². The molecule has 0 aromatic heterocycles. The van der Waals surface area contributed by atoms with E-state index >= 15 is 0 Å². The first-order valence-electron chi connectivity index (χ1n) is 9.36. The highest BCUT2D eigenvalue weighted by Gasteiger charge is 2.29. The van der Waals surface area contributed by atoms with Crippen LogP contribution in [0, 0.1) is 10.1 Å². The van der Waals surface area contributed by atoms with Crippen LogP contribution >= 0.6 is 11.6 Å². The Morgan fingerprint density at radius 3 is 2.57 bits per heavy atom. The van der Waals surface area contributed by atoms with Crippen LogP contribution in [0.4, 0.5) is 17.1 Å². The number of nitro benzene ring substituents is 1. The van der Waals surface area contributed by atoms with Crippen LogP contribution in [0.2, 0.25) is 5.02 Å². The minimum Gasteiger partial charge on any atom is -0.379 e. The maximum absolute atomic E-state index is 12.8. The van der Waals surface area contributed by atoms with Crippen molar-refractivity contribution in [1.29, 1.82) is 0 Å². The van der Waals surface area contributed by atoms with Gasteiger partial charge in [0.15, 0.2) is 0 Å². The molecule has 1 fully saturated rings. The Labute approximate surface area is 179 Å². The summed E-state index contributed by atoms with van der Waals surface area (Å²) in [5.74, 6) is -0.368. The number of amides is 1. The van der Waals surface area contributed by atoms with Crippen molar-refractivity contribution in [1.82, 2.24) is 4.31 Å². The molecule has 2 aromatic rings. The molecule has 1 saturated heterocycles. The van der Waals surface area contributed by atoms with Gasteiger partial charge in [-0.3, -0.25) is 14.9 Å². The molecular formula is C19H21ClN4O5S. The number of rotatable bonds is 8. The molecule has 1 heterocycles. The van der Waals surface area contributed by atoms with Gasteiger partial charge >= 0.3 is 0 Å². The number of para-hydroxylation sites is 2. The molecule has 0 radical (unpaired) electrons. The number of benzene rings is 2. The molecule has 30 heavy (non-hydrogen) atoms. The summed E-state index contributed by atoms with van der Waals surface area (Å²) in [6, 6.07) is 10.5. The second kappa shape index (κ2) is 9.41. The van der Waals surface area contributed by atoms with Crippen molar-refractivity contribution in [2.75, 3.05) is 30.3 Å². The van der Waals surface area contributed by atoms with Crippen LogP contribution in [0.5, 0.6) is 0 Å². The Bertz CT molecular complexity index is 1050. The molecule has 2 aromatic carbocycles. The summed E-state index contributed by atoms with van der Waals surface area (Å²) in [6.45, 7) is 1.07. The Hall–Kier alpha value is -2.69. The number of halogens is 1. The minimum atomic E-state index is -3.72. The second-order valence-electron chi connectivity index (χ2n) is 6.76. The fourth-order valence-corrected chi connectivity index (χ4v) is 5.18. The van der Waals surface area contributed by atoms with E-state index in [1.807, 2.05) is 0 Å². The molecule has 1 amide bonds. The summed E-state index contributed by atoms with van der Waals surface area (Å²) < 4.78 is 26.9. The van der Waals surface area contributed by atoms with Crippen LogP contribution < -0.4 is 10.6 Å². The van der Waals surface area contributed by atoms with Crippen molar-refractivity contribution in [3.8, 4) is 0 Å². The molecule has 11 heteroatoms. The van der Waals surface area contributed by atoms with Crippen molar-refractivity contribution in [3.63, 3.8) is 0 Å². The van der Waals surface area contributed by atoms with E-state index in [9.17, 15) is 23.3 Å². The van der Waals surface area contributed by atoms with Crippen LogP contribution in [-0.4, -0.2) is 43.2 Å². The number of sulfonamides is 1. The normalized spacial score (nSPS) is 14.4. The summed E-state index contributed by atoms with van der Waals surface area (Å²) in [4.78, 5) is 22.7. The third-order valence-corrected chi connectivity index (χ3v) is 7.05. The highest BCUT2D eigenvalue weighted by Crippen LogP contribution is 2.29. The first kappa shape index (κ1) is 22.0. The van der Waals surface area contributed by atoms with Crippen molar-refractivity contribution in [3.05, 3.63) is 57.6 Å². The maximum Gasteiger partial charge on any atom is 0.292 e. The number of nitrogens with zero attached hydrogens (tertiary/aromatic N) is 2. The maximum atomic E-state index is 12.8. The molecule has 0 spiro atoms. The molecule has 1 aliphatic heterocycles. The zero-order chi connectivity index (χ0) is 21.7. The highest BCUT2D eigenvalue weighted by molar-refractivity contribution is 7.89.